The van der Waals surface area contributed by atoms with Crippen molar-refractivity contribution in [1.82, 2.24) is 0 Å². The topological polar surface area (TPSA) is 0 Å². The van der Waals surface area contributed by atoms with Crippen molar-refractivity contribution in [2.24, 2.45) is 0 Å². The maximum atomic E-state index is 2.37. The molecule has 7 rings (SSSR count). The van der Waals surface area contributed by atoms with Crippen LogP contribution in [0.5, 0.6) is 0 Å². The van der Waals surface area contributed by atoms with Crippen molar-refractivity contribution in [3.8, 4) is 22.3 Å². The second-order valence-electron chi connectivity index (χ2n) is 9.94. The zero-order valence-electron chi connectivity index (χ0n) is 20.5. The van der Waals surface area contributed by atoms with E-state index in [4.69, 9.17) is 0 Å². The van der Waals surface area contributed by atoms with E-state index in [9.17, 15) is 0 Å². The molecule has 7 aromatic rings. The molecule has 0 aliphatic heterocycles. The Bertz CT molecular complexity index is 1880. The lowest BCUT2D eigenvalue weighted by atomic mass is 9.85. The molecule has 0 fully saturated rings. The van der Waals surface area contributed by atoms with Crippen LogP contribution < -0.4 is 0 Å². The summed E-state index contributed by atoms with van der Waals surface area (Å²) in [5, 5.41) is 10.4. The van der Waals surface area contributed by atoms with E-state index in [1.807, 2.05) is 0 Å². The zero-order valence-corrected chi connectivity index (χ0v) is 20.5. The molecule has 0 N–H and O–H groups in total. The van der Waals surface area contributed by atoms with Crippen molar-refractivity contribution in [2.75, 3.05) is 0 Å². The van der Waals surface area contributed by atoms with Gasteiger partial charge in [0.15, 0.2) is 0 Å². The van der Waals surface area contributed by atoms with Crippen LogP contribution in [0.4, 0.5) is 0 Å². The van der Waals surface area contributed by atoms with Gasteiger partial charge in [-0.25, -0.2) is 0 Å². The van der Waals surface area contributed by atoms with Crippen LogP contribution in [0, 0.1) is 13.8 Å². The van der Waals surface area contributed by atoms with Gasteiger partial charge in [0.1, 0.15) is 0 Å². The molecule has 0 bridgehead atoms. The minimum atomic E-state index is 1.26. The first-order valence-corrected chi connectivity index (χ1v) is 12.6. The maximum absolute atomic E-state index is 2.37. The molecule has 0 saturated carbocycles. The standard InChI is InChI=1S/C36H26/c1-23-19-24(2)21-28(20-23)36-33-13-7-5-11-31(33)35(32-12-6-8-14-34(32)36)27-17-18-30-26(22-27)16-15-25-9-3-4-10-29(25)30/h3-22H,1-2H3. The first-order valence-electron chi connectivity index (χ1n) is 12.6. The number of aryl methyl sites for hydroxylation is 2. The normalized spacial score (nSPS) is 11.6. The molecule has 0 nitrogen and oxygen atoms in total. The molecule has 0 atom stereocenters. The van der Waals surface area contributed by atoms with E-state index in [0.717, 1.165) is 0 Å². The van der Waals surface area contributed by atoms with Crippen LogP contribution >= 0.6 is 0 Å². The molecular formula is C36H26. The van der Waals surface area contributed by atoms with Crippen LogP contribution in [0.25, 0.3) is 65.3 Å². The molecule has 0 heterocycles. The highest BCUT2D eigenvalue weighted by Crippen LogP contribution is 2.44. The average Bonchev–Trinajstić information content (AvgIpc) is 2.90. The van der Waals surface area contributed by atoms with Crippen LogP contribution in [0.15, 0.2) is 121 Å². The number of rotatable bonds is 2. The third-order valence-electron chi connectivity index (χ3n) is 7.48. The summed E-state index contributed by atoms with van der Waals surface area (Å²) >= 11 is 0. The predicted molar refractivity (Wildman–Crippen MR) is 157 cm³/mol. The van der Waals surface area contributed by atoms with E-state index >= 15 is 0 Å². The van der Waals surface area contributed by atoms with E-state index in [1.54, 1.807) is 0 Å². The van der Waals surface area contributed by atoms with Crippen LogP contribution in [-0.2, 0) is 0 Å². The molecule has 0 spiro atoms. The van der Waals surface area contributed by atoms with E-state index in [2.05, 4.69) is 135 Å². The fourth-order valence-corrected chi connectivity index (χ4v) is 6.04. The first-order chi connectivity index (χ1) is 17.7. The van der Waals surface area contributed by atoms with Crippen molar-refractivity contribution in [2.45, 2.75) is 13.8 Å². The third kappa shape index (κ3) is 3.22. The molecule has 170 valence electrons. The van der Waals surface area contributed by atoms with Gasteiger partial charge in [0.05, 0.1) is 0 Å². The highest BCUT2D eigenvalue weighted by molar-refractivity contribution is 6.22. The largest absolute Gasteiger partial charge is 0.0616 e. The van der Waals surface area contributed by atoms with Gasteiger partial charge in [0, 0.05) is 0 Å². The monoisotopic (exact) mass is 458 g/mol. The third-order valence-corrected chi connectivity index (χ3v) is 7.48. The molecule has 0 aliphatic rings. The highest BCUT2D eigenvalue weighted by atomic mass is 14.2. The molecule has 0 aromatic heterocycles. The van der Waals surface area contributed by atoms with Crippen LogP contribution in [0.2, 0.25) is 0 Å². The van der Waals surface area contributed by atoms with Gasteiger partial charge in [0.25, 0.3) is 0 Å². The summed E-state index contributed by atoms with van der Waals surface area (Å²) in [7, 11) is 0. The maximum Gasteiger partial charge on any atom is -0.00262 e. The Hall–Kier alpha value is -4.42. The summed E-state index contributed by atoms with van der Waals surface area (Å²) < 4.78 is 0. The minimum absolute atomic E-state index is 1.26. The van der Waals surface area contributed by atoms with Gasteiger partial charge < -0.3 is 0 Å². The summed E-state index contributed by atoms with van der Waals surface area (Å²) in [6.07, 6.45) is 0. The van der Waals surface area contributed by atoms with Crippen molar-refractivity contribution in [3.63, 3.8) is 0 Å². The van der Waals surface area contributed by atoms with Crippen molar-refractivity contribution in [1.29, 1.82) is 0 Å². The van der Waals surface area contributed by atoms with E-state index in [-0.39, 0.29) is 0 Å². The molecule has 0 unspecified atom stereocenters. The Morgan fingerprint density at radius 1 is 0.333 bits per heavy atom. The average molecular weight is 459 g/mol. The Balaban J connectivity index is 1.59. The van der Waals surface area contributed by atoms with Gasteiger partial charge in [-0.3, -0.25) is 0 Å². The molecule has 0 saturated heterocycles. The Morgan fingerprint density at radius 3 is 1.42 bits per heavy atom. The van der Waals surface area contributed by atoms with Gasteiger partial charge in [-0.15, -0.1) is 0 Å². The fraction of sp³-hybridized carbons (Fsp3) is 0.0556. The Morgan fingerprint density at radius 2 is 0.806 bits per heavy atom. The lowest BCUT2D eigenvalue weighted by Crippen LogP contribution is -1.92. The minimum Gasteiger partial charge on any atom is -0.0616 e. The molecule has 0 radical (unpaired) electrons. The van der Waals surface area contributed by atoms with Crippen LogP contribution in [-0.4, -0.2) is 0 Å². The van der Waals surface area contributed by atoms with E-state index < -0.39 is 0 Å². The molecular weight excluding hydrogens is 432 g/mol. The SMILES string of the molecule is Cc1cc(C)cc(-c2c3ccccc3c(-c3ccc4c(ccc5ccccc54)c3)c3ccccc23)c1. The Kier molecular flexibility index (Phi) is 4.69. The van der Waals surface area contributed by atoms with Crippen LogP contribution in [0.3, 0.4) is 0 Å². The van der Waals surface area contributed by atoms with E-state index in [0.29, 0.717) is 0 Å². The van der Waals surface area contributed by atoms with Gasteiger partial charge in [-0.2, -0.15) is 0 Å². The molecule has 0 amide bonds. The predicted octanol–water partition coefficient (Wildman–Crippen LogP) is 10.3. The summed E-state index contributed by atoms with van der Waals surface area (Å²) in [5.41, 5.74) is 7.77. The molecule has 0 aliphatic carbocycles. The Labute approximate surface area is 211 Å². The number of hydrogen-bond acceptors (Lipinski definition) is 0. The molecule has 0 heteroatoms. The first kappa shape index (κ1) is 20.9. The summed E-state index contributed by atoms with van der Waals surface area (Å²) in [5.74, 6) is 0. The van der Waals surface area contributed by atoms with Crippen LogP contribution in [0.1, 0.15) is 11.1 Å². The van der Waals surface area contributed by atoms with Crippen molar-refractivity contribution >= 4 is 43.1 Å². The second kappa shape index (κ2) is 8.07. The van der Waals surface area contributed by atoms with Gasteiger partial charge in [0.2, 0.25) is 0 Å². The lowest BCUT2D eigenvalue weighted by Gasteiger charge is -2.18. The van der Waals surface area contributed by atoms with Crippen molar-refractivity contribution in [3.05, 3.63) is 132 Å². The summed E-state index contributed by atoms with van der Waals surface area (Å²) in [4.78, 5) is 0. The molecule has 36 heavy (non-hydrogen) atoms. The number of fused-ring (bicyclic) bond motifs is 5. The number of hydrogen-bond donors (Lipinski definition) is 0. The fourth-order valence-electron chi connectivity index (χ4n) is 6.04. The second-order valence-corrected chi connectivity index (χ2v) is 9.94. The highest BCUT2D eigenvalue weighted by Gasteiger charge is 2.17. The summed E-state index contributed by atoms with van der Waals surface area (Å²) in [6, 6.07) is 44.8. The smallest absolute Gasteiger partial charge is 0.00262 e. The van der Waals surface area contributed by atoms with Gasteiger partial charge >= 0.3 is 0 Å². The summed E-state index contributed by atoms with van der Waals surface area (Å²) in [6.45, 7) is 4.38. The van der Waals surface area contributed by atoms with Gasteiger partial charge in [-0.05, 0) is 85.3 Å². The van der Waals surface area contributed by atoms with E-state index in [1.165, 1.54) is 76.5 Å². The lowest BCUT2D eigenvalue weighted by molar-refractivity contribution is 1.39. The molecule has 7 aromatic carbocycles. The van der Waals surface area contributed by atoms with Gasteiger partial charge in [-0.1, -0.05) is 126 Å². The quantitative estimate of drug-likeness (QED) is 0.178. The number of benzene rings is 7. The zero-order chi connectivity index (χ0) is 24.2. The van der Waals surface area contributed by atoms with Crippen molar-refractivity contribution < 1.29 is 0 Å².